The van der Waals surface area contributed by atoms with Crippen LogP contribution in [0.4, 0.5) is 10.2 Å². The smallest absolute Gasteiger partial charge is 0.156 e. The molecule has 0 radical (unpaired) electrons. The van der Waals surface area contributed by atoms with Gasteiger partial charge in [-0.3, -0.25) is 0 Å². The van der Waals surface area contributed by atoms with Crippen LogP contribution in [0.5, 0.6) is 0 Å². The maximum atomic E-state index is 13.2. The van der Waals surface area contributed by atoms with Crippen molar-refractivity contribution in [2.45, 2.75) is 20.8 Å². The molecule has 0 atom stereocenters. The lowest BCUT2D eigenvalue weighted by atomic mass is 10.0. The summed E-state index contributed by atoms with van der Waals surface area (Å²) in [4.78, 5) is 15.8. The third-order valence-corrected chi connectivity index (χ3v) is 4.31. The van der Waals surface area contributed by atoms with E-state index in [-0.39, 0.29) is 5.82 Å². The molecule has 27 heavy (non-hydrogen) atoms. The molecular formula is C22H23FN4. The van der Waals surface area contributed by atoms with Crippen LogP contribution in [-0.4, -0.2) is 34.8 Å². The number of aliphatic imine (C=N–C) groups is 1. The van der Waals surface area contributed by atoms with Crippen LogP contribution in [0.15, 0.2) is 53.7 Å². The number of aryl methyl sites for hydroxylation is 3. The zero-order valence-corrected chi connectivity index (χ0v) is 16.3. The third kappa shape index (κ3) is 4.19. The lowest BCUT2D eigenvalue weighted by Gasteiger charge is -2.19. The van der Waals surface area contributed by atoms with Crippen molar-refractivity contribution in [3.63, 3.8) is 0 Å². The van der Waals surface area contributed by atoms with Gasteiger partial charge in [-0.2, -0.15) is 0 Å². The van der Waals surface area contributed by atoms with Gasteiger partial charge in [0.1, 0.15) is 11.5 Å². The lowest BCUT2D eigenvalue weighted by molar-refractivity contribution is 0.620. The Kier molecular flexibility index (Phi) is 5.31. The Hall–Kier alpha value is -3.08. The number of halogens is 1. The van der Waals surface area contributed by atoms with Crippen LogP contribution >= 0.6 is 0 Å². The Balaban J connectivity index is 2.07. The standard InChI is InChI=1S/C22H23FN4/c1-14-6-11-20(24-13-14)26-22(27(4)5)21-15(2)12-19(16(3)25-21)17-7-9-18(23)10-8-17/h6-13H,1-5H3. The van der Waals surface area contributed by atoms with E-state index < -0.39 is 0 Å². The van der Waals surface area contributed by atoms with Gasteiger partial charge in [0, 0.05) is 31.5 Å². The number of rotatable bonds is 3. The van der Waals surface area contributed by atoms with Gasteiger partial charge >= 0.3 is 0 Å². The summed E-state index contributed by atoms with van der Waals surface area (Å²) in [6.07, 6.45) is 1.80. The fraction of sp³-hybridized carbons (Fsp3) is 0.227. The van der Waals surface area contributed by atoms with Crippen LogP contribution < -0.4 is 0 Å². The quantitative estimate of drug-likeness (QED) is 0.494. The molecule has 0 spiro atoms. The molecule has 138 valence electrons. The SMILES string of the molecule is Cc1ccc(N=C(c2nc(C)c(-c3ccc(F)cc3)cc2C)N(C)C)nc1. The first-order valence-corrected chi connectivity index (χ1v) is 8.78. The maximum Gasteiger partial charge on any atom is 0.156 e. The van der Waals surface area contributed by atoms with Crippen molar-refractivity contribution in [1.29, 1.82) is 0 Å². The minimum Gasteiger partial charge on any atom is -0.361 e. The zero-order chi connectivity index (χ0) is 19.6. The van der Waals surface area contributed by atoms with Crippen molar-refractivity contribution in [2.75, 3.05) is 14.1 Å². The van der Waals surface area contributed by atoms with Gasteiger partial charge in [0.15, 0.2) is 11.7 Å². The van der Waals surface area contributed by atoms with E-state index in [1.54, 1.807) is 18.3 Å². The second kappa shape index (κ2) is 7.66. The van der Waals surface area contributed by atoms with Gasteiger partial charge in [0.25, 0.3) is 0 Å². The van der Waals surface area contributed by atoms with E-state index in [1.165, 1.54) is 12.1 Å². The molecule has 0 saturated carbocycles. The van der Waals surface area contributed by atoms with Gasteiger partial charge in [-0.25, -0.2) is 19.4 Å². The van der Waals surface area contributed by atoms with Crippen LogP contribution in [0, 0.1) is 26.6 Å². The van der Waals surface area contributed by atoms with Crippen LogP contribution in [0.3, 0.4) is 0 Å². The molecule has 0 aliphatic heterocycles. The van der Waals surface area contributed by atoms with E-state index in [0.717, 1.165) is 39.5 Å². The minimum absolute atomic E-state index is 0.245. The van der Waals surface area contributed by atoms with E-state index in [2.05, 4.69) is 11.1 Å². The highest BCUT2D eigenvalue weighted by molar-refractivity contribution is 5.99. The Morgan fingerprint density at radius 3 is 2.30 bits per heavy atom. The third-order valence-electron chi connectivity index (χ3n) is 4.31. The summed E-state index contributed by atoms with van der Waals surface area (Å²) in [6, 6.07) is 12.4. The molecule has 5 heteroatoms. The van der Waals surface area contributed by atoms with Crippen LogP contribution in [-0.2, 0) is 0 Å². The van der Waals surface area contributed by atoms with Crippen molar-refractivity contribution in [2.24, 2.45) is 4.99 Å². The van der Waals surface area contributed by atoms with E-state index >= 15 is 0 Å². The molecular weight excluding hydrogens is 339 g/mol. The number of pyridine rings is 2. The fourth-order valence-corrected chi connectivity index (χ4v) is 2.85. The molecule has 3 aromatic rings. The summed E-state index contributed by atoms with van der Waals surface area (Å²) in [5, 5.41) is 0. The maximum absolute atomic E-state index is 13.2. The molecule has 3 rings (SSSR count). The largest absolute Gasteiger partial charge is 0.361 e. The molecule has 0 fully saturated rings. The molecule has 1 aromatic carbocycles. The fourth-order valence-electron chi connectivity index (χ4n) is 2.85. The van der Waals surface area contributed by atoms with Crippen LogP contribution in [0.25, 0.3) is 11.1 Å². The summed E-state index contributed by atoms with van der Waals surface area (Å²) < 4.78 is 13.2. The molecule has 0 amide bonds. The first kappa shape index (κ1) is 18.7. The Morgan fingerprint density at radius 2 is 1.70 bits per heavy atom. The van der Waals surface area contributed by atoms with Gasteiger partial charge in [-0.05, 0) is 61.7 Å². The summed E-state index contributed by atoms with van der Waals surface area (Å²) in [5.74, 6) is 1.15. The summed E-state index contributed by atoms with van der Waals surface area (Å²) in [7, 11) is 3.88. The second-order valence-corrected chi connectivity index (χ2v) is 6.82. The van der Waals surface area contributed by atoms with Gasteiger partial charge in [-0.15, -0.1) is 0 Å². The Morgan fingerprint density at radius 1 is 1.00 bits per heavy atom. The van der Waals surface area contributed by atoms with Crippen molar-refractivity contribution in [3.05, 3.63) is 77.0 Å². The first-order valence-electron chi connectivity index (χ1n) is 8.78. The van der Waals surface area contributed by atoms with Gasteiger partial charge < -0.3 is 4.90 Å². The molecule has 0 bridgehead atoms. The molecule has 0 N–H and O–H groups in total. The summed E-state index contributed by atoms with van der Waals surface area (Å²) in [6.45, 7) is 5.96. The number of nitrogens with zero attached hydrogens (tertiary/aromatic N) is 4. The average molecular weight is 362 g/mol. The van der Waals surface area contributed by atoms with E-state index in [1.807, 2.05) is 51.9 Å². The van der Waals surface area contributed by atoms with Crippen LogP contribution in [0.1, 0.15) is 22.5 Å². The highest BCUT2D eigenvalue weighted by Crippen LogP contribution is 2.26. The van der Waals surface area contributed by atoms with Gasteiger partial charge in [0.2, 0.25) is 0 Å². The van der Waals surface area contributed by atoms with Crippen molar-refractivity contribution in [3.8, 4) is 11.1 Å². The monoisotopic (exact) mass is 362 g/mol. The summed E-state index contributed by atoms with van der Waals surface area (Å²) >= 11 is 0. The number of benzene rings is 1. The lowest BCUT2D eigenvalue weighted by Crippen LogP contribution is -2.25. The van der Waals surface area contributed by atoms with Gasteiger partial charge in [-0.1, -0.05) is 18.2 Å². The predicted molar refractivity (Wildman–Crippen MR) is 108 cm³/mol. The Labute approximate surface area is 159 Å². The topological polar surface area (TPSA) is 41.4 Å². The molecule has 0 aliphatic rings. The van der Waals surface area contributed by atoms with E-state index in [4.69, 9.17) is 9.98 Å². The zero-order valence-electron chi connectivity index (χ0n) is 16.3. The van der Waals surface area contributed by atoms with Gasteiger partial charge in [0.05, 0.1) is 0 Å². The highest BCUT2D eigenvalue weighted by Gasteiger charge is 2.15. The highest BCUT2D eigenvalue weighted by atomic mass is 19.1. The molecule has 0 aliphatic carbocycles. The molecule has 0 unspecified atom stereocenters. The van der Waals surface area contributed by atoms with E-state index in [0.29, 0.717) is 5.82 Å². The molecule has 2 aromatic heterocycles. The van der Waals surface area contributed by atoms with Crippen molar-refractivity contribution < 1.29 is 4.39 Å². The summed E-state index contributed by atoms with van der Waals surface area (Å²) in [5.41, 5.74) is 5.70. The minimum atomic E-state index is -0.245. The predicted octanol–water partition coefficient (Wildman–Crippen LogP) is 4.85. The number of hydrogen-bond acceptors (Lipinski definition) is 3. The van der Waals surface area contributed by atoms with Crippen LogP contribution in [0.2, 0.25) is 0 Å². The molecule has 4 nitrogen and oxygen atoms in total. The van der Waals surface area contributed by atoms with Crippen molar-refractivity contribution in [1.82, 2.24) is 14.9 Å². The first-order chi connectivity index (χ1) is 12.8. The number of aromatic nitrogens is 2. The van der Waals surface area contributed by atoms with Crippen molar-refractivity contribution >= 4 is 11.7 Å². The number of amidine groups is 1. The molecule has 2 heterocycles. The molecule has 0 saturated heterocycles. The normalized spacial score (nSPS) is 11.6. The van der Waals surface area contributed by atoms with E-state index in [9.17, 15) is 4.39 Å². The Bertz CT molecular complexity index is 974. The second-order valence-electron chi connectivity index (χ2n) is 6.82. The average Bonchev–Trinajstić information content (AvgIpc) is 2.63. The number of hydrogen-bond donors (Lipinski definition) is 0.